The molecule has 4 aromatic rings. The van der Waals surface area contributed by atoms with Gasteiger partial charge in [0.15, 0.2) is 23.0 Å². The minimum atomic E-state index is -5.11. The van der Waals surface area contributed by atoms with Crippen LogP contribution in [-0.2, 0) is 20.2 Å². The third-order valence-corrected chi connectivity index (χ3v) is 8.69. The molecule has 4 aromatic carbocycles. The quantitative estimate of drug-likeness (QED) is 0.0543. The molecular formula is C29H18N2O13S2. The summed E-state index contributed by atoms with van der Waals surface area (Å²) in [5.74, 6) is -3.28. The molecule has 0 atom stereocenters. The molecule has 0 fully saturated rings. The highest BCUT2D eigenvalue weighted by Crippen LogP contribution is 2.47. The van der Waals surface area contributed by atoms with Gasteiger partial charge in [-0.05, 0) is 47.3 Å². The maximum Gasteiger partial charge on any atom is 0.296 e. The van der Waals surface area contributed by atoms with E-state index >= 15 is 0 Å². The Balaban J connectivity index is 1.49. The third-order valence-electron chi connectivity index (χ3n) is 7.00. The molecule has 1 aliphatic heterocycles. The van der Waals surface area contributed by atoms with E-state index in [0.717, 1.165) is 24.3 Å². The maximum absolute atomic E-state index is 12.2. The molecule has 1 aliphatic carbocycles. The second kappa shape index (κ2) is 10.4. The Kier molecular flexibility index (Phi) is 6.86. The summed E-state index contributed by atoms with van der Waals surface area (Å²) >= 11 is 0. The van der Waals surface area contributed by atoms with E-state index in [1.165, 1.54) is 36.4 Å². The average Bonchev–Trinajstić information content (AvgIpc) is 2.96. The first kappa shape index (κ1) is 30.3. The Bertz CT molecular complexity index is 2540. The number of azo groups is 1. The number of nitrogens with zero attached hydrogens (tertiary/aromatic N) is 2. The molecule has 2 aliphatic rings. The van der Waals surface area contributed by atoms with E-state index in [1.54, 1.807) is 0 Å². The summed E-state index contributed by atoms with van der Waals surface area (Å²) in [4.78, 5) is 10.3. The molecule has 7 N–H and O–H groups in total. The van der Waals surface area contributed by atoms with Crippen LogP contribution in [0, 0.1) is 0 Å². The van der Waals surface area contributed by atoms with Crippen LogP contribution in [0.4, 0.5) is 11.4 Å². The summed E-state index contributed by atoms with van der Waals surface area (Å²) in [7, 11) is -9.95. The molecule has 46 heavy (non-hydrogen) atoms. The predicted octanol–water partition coefficient (Wildman–Crippen LogP) is 5.15. The first-order valence-electron chi connectivity index (χ1n) is 12.7. The van der Waals surface area contributed by atoms with Gasteiger partial charge in [-0.3, -0.25) is 13.9 Å². The van der Waals surface area contributed by atoms with E-state index < -0.39 is 75.3 Å². The number of rotatable bonds is 5. The summed E-state index contributed by atoms with van der Waals surface area (Å²) in [6.45, 7) is 0. The van der Waals surface area contributed by atoms with Crippen molar-refractivity contribution in [3.63, 3.8) is 0 Å². The first-order valence-corrected chi connectivity index (χ1v) is 15.6. The highest BCUT2D eigenvalue weighted by molar-refractivity contribution is 7.86. The molecule has 0 bridgehead atoms. The molecule has 0 spiro atoms. The molecule has 6 rings (SSSR count). The molecular weight excluding hydrogens is 648 g/mol. The fourth-order valence-corrected chi connectivity index (χ4v) is 6.12. The number of hydrogen-bond donors (Lipinski definition) is 7. The van der Waals surface area contributed by atoms with Gasteiger partial charge in [0.05, 0.1) is 16.0 Å². The molecule has 0 saturated heterocycles. The molecule has 0 saturated carbocycles. The van der Waals surface area contributed by atoms with E-state index in [1.807, 2.05) is 0 Å². The van der Waals surface area contributed by atoms with Crippen molar-refractivity contribution in [1.29, 1.82) is 0 Å². The van der Waals surface area contributed by atoms with Crippen LogP contribution in [0.2, 0.25) is 0 Å². The lowest BCUT2D eigenvalue weighted by Gasteiger charge is -2.16. The average molecular weight is 667 g/mol. The Morgan fingerprint density at radius 2 is 1.35 bits per heavy atom. The minimum Gasteiger partial charge on any atom is -0.507 e. The molecule has 0 amide bonds. The maximum atomic E-state index is 12.2. The van der Waals surface area contributed by atoms with Gasteiger partial charge in [0.25, 0.3) is 20.2 Å². The van der Waals surface area contributed by atoms with Gasteiger partial charge in [-0.1, -0.05) is 12.1 Å². The van der Waals surface area contributed by atoms with Gasteiger partial charge in [0.1, 0.15) is 27.7 Å². The lowest BCUT2D eigenvalue weighted by Crippen LogP contribution is -2.01. The second-order valence-corrected chi connectivity index (χ2v) is 12.8. The highest BCUT2D eigenvalue weighted by Gasteiger charge is 2.26. The zero-order chi connectivity index (χ0) is 33.3. The van der Waals surface area contributed by atoms with Gasteiger partial charge in [0, 0.05) is 34.7 Å². The van der Waals surface area contributed by atoms with Crippen LogP contribution in [0.25, 0.3) is 44.2 Å². The van der Waals surface area contributed by atoms with Crippen LogP contribution < -0.4 is 5.43 Å². The highest BCUT2D eigenvalue weighted by atomic mass is 32.2. The van der Waals surface area contributed by atoms with Crippen molar-refractivity contribution in [2.45, 2.75) is 9.79 Å². The fraction of sp³-hybridized carbons (Fsp3) is 0. The number of phenolic OH excluding ortho intramolecular Hbond substituents is 5. The standard InChI is InChI=1S/C29H18N2O13S2/c32-18-8-16-23(10-20(18)34)44-24-11-21(35)19(33)9-17(24)26(16)12-1-3-14(4-2-12)30-31-28-25(46(41,42)43)6-13-5-15(45(38,39)40)7-22(36)27(13)29(28)37/h1-11,32-34,36-37H,(H,38,39,40)(H,41,42,43). The van der Waals surface area contributed by atoms with Crippen LogP contribution in [0.15, 0.2) is 96.0 Å². The molecule has 17 heteroatoms. The smallest absolute Gasteiger partial charge is 0.296 e. The minimum absolute atomic E-state index is 0.0654. The molecule has 0 aromatic heterocycles. The van der Waals surface area contributed by atoms with Gasteiger partial charge < -0.3 is 29.9 Å². The monoisotopic (exact) mass is 666 g/mol. The third kappa shape index (κ3) is 5.18. The lowest BCUT2D eigenvalue weighted by molar-refractivity contribution is 0.404. The first-order chi connectivity index (χ1) is 21.5. The van der Waals surface area contributed by atoms with Gasteiger partial charge in [-0.25, -0.2) is 0 Å². The summed E-state index contributed by atoms with van der Waals surface area (Å²) in [6, 6.07) is 12.6. The Morgan fingerprint density at radius 1 is 0.674 bits per heavy atom. The van der Waals surface area contributed by atoms with Crippen molar-refractivity contribution in [2.24, 2.45) is 10.2 Å². The number of fused-ring (bicyclic) bond motifs is 3. The SMILES string of the molecule is O=c1cc2oc3cc(O)c(O)cc3c(-c3ccc(N=Nc4c(S(=O)(=O)O)cc5cc(S(=O)(=O)O)cc(O)c5c4O)cc3)c-2cc1O. The van der Waals surface area contributed by atoms with Crippen molar-refractivity contribution in [3.05, 3.63) is 77.0 Å². The Labute approximate surface area is 257 Å². The Morgan fingerprint density at radius 3 is 2.00 bits per heavy atom. The molecule has 0 unspecified atom stereocenters. The van der Waals surface area contributed by atoms with Gasteiger partial charge in [-0.2, -0.15) is 21.9 Å². The topological polar surface area (TPSA) is 265 Å². The van der Waals surface area contributed by atoms with Crippen molar-refractivity contribution in [1.82, 2.24) is 0 Å². The van der Waals surface area contributed by atoms with Crippen molar-refractivity contribution >= 4 is 53.4 Å². The van der Waals surface area contributed by atoms with E-state index in [0.29, 0.717) is 22.6 Å². The van der Waals surface area contributed by atoms with Crippen LogP contribution in [0.3, 0.4) is 0 Å². The predicted molar refractivity (Wildman–Crippen MR) is 161 cm³/mol. The van der Waals surface area contributed by atoms with Crippen LogP contribution in [-0.4, -0.2) is 51.5 Å². The summed E-state index contributed by atoms with van der Waals surface area (Å²) in [6.07, 6.45) is 0. The van der Waals surface area contributed by atoms with Crippen LogP contribution in [0.1, 0.15) is 0 Å². The Hall–Kier alpha value is -5.75. The van der Waals surface area contributed by atoms with Gasteiger partial charge in [-0.15, -0.1) is 5.11 Å². The largest absolute Gasteiger partial charge is 0.507 e. The zero-order valence-corrected chi connectivity index (χ0v) is 24.3. The van der Waals surface area contributed by atoms with E-state index in [-0.39, 0.29) is 28.0 Å². The number of aromatic hydroxyl groups is 5. The van der Waals surface area contributed by atoms with Crippen molar-refractivity contribution in [3.8, 4) is 51.2 Å². The molecule has 15 nitrogen and oxygen atoms in total. The summed E-state index contributed by atoms with van der Waals surface area (Å²) < 4.78 is 72.3. The number of benzene rings is 5. The van der Waals surface area contributed by atoms with Gasteiger partial charge >= 0.3 is 0 Å². The summed E-state index contributed by atoms with van der Waals surface area (Å²) in [5, 5.41) is 58.6. The fourth-order valence-electron chi connectivity index (χ4n) is 4.92. The van der Waals surface area contributed by atoms with Crippen LogP contribution >= 0.6 is 0 Å². The summed E-state index contributed by atoms with van der Waals surface area (Å²) in [5.41, 5.74) is -0.230. The van der Waals surface area contributed by atoms with Crippen molar-refractivity contribution in [2.75, 3.05) is 0 Å². The molecule has 1 heterocycles. The van der Waals surface area contributed by atoms with Gasteiger partial charge in [0.2, 0.25) is 5.43 Å². The van der Waals surface area contributed by atoms with Crippen LogP contribution in [0.5, 0.6) is 28.7 Å². The van der Waals surface area contributed by atoms with E-state index in [9.17, 15) is 56.3 Å². The molecule has 0 radical (unpaired) electrons. The number of hydrogen-bond acceptors (Lipinski definition) is 13. The normalized spacial score (nSPS) is 12.5. The zero-order valence-electron chi connectivity index (χ0n) is 22.6. The molecule has 234 valence electrons. The number of phenols is 5. The van der Waals surface area contributed by atoms with E-state index in [2.05, 4.69) is 10.2 Å². The van der Waals surface area contributed by atoms with Crippen molar-refractivity contribution < 1.29 is 55.9 Å². The second-order valence-electron chi connectivity index (χ2n) is 9.94. The lowest BCUT2D eigenvalue weighted by atomic mass is 9.93. The van der Waals surface area contributed by atoms with E-state index in [4.69, 9.17) is 4.42 Å².